The summed E-state index contributed by atoms with van der Waals surface area (Å²) in [6.07, 6.45) is 21.9. The van der Waals surface area contributed by atoms with Gasteiger partial charge in [-0.15, -0.1) is 0 Å². The lowest BCUT2D eigenvalue weighted by atomic mass is 9.65. The molecule has 0 aliphatic heterocycles. The first-order valence-electron chi connectivity index (χ1n) is 49.4. The van der Waals surface area contributed by atoms with Gasteiger partial charge >= 0.3 is 29.8 Å². The Bertz CT molecular complexity index is 4560. The molecular formula is C114H182O17S. The third-order valence-corrected chi connectivity index (χ3v) is 30.1. The Morgan fingerprint density at radius 2 is 0.917 bits per heavy atom. The molecule has 0 heterocycles. The van der Waals surface area contributed by atoms with E-state index in [0.717, 1.165) is 150 Å². The van der Waals surface area contributed by atoms with Crippen molar-refractivity contribution in [2.75, 3.05) is 7.11 Å². The highest BCUT2D eigenvalue weighted by Crippen LogP contribution is 2.49. The van der Waals surface area contributed by atoms with Crippen LogP contribution in [0.1, 0.15) is 419 Å². The van der Waals surface area contributed by atoms with Crippen LogP contribution >= 0.6 is 0 Å². The monoisotopic (exact) mass is 1860 g/mol. The molecule has 3 unspecified atom stereocenters. The Balaban J connectivity index is 0.000000400. The third-order valence-electron chi connectivity index (χ3n) is 28.8. The van der Waals surface area contributed by atoms with Crippen molar-refractivity contribution in [1.82, 2.24) is 0 Å². The highest BCUT2D eigenvalue weighted by Gasteiger charge is 2.47. The number of hydrogen-bond acceptors (Lipinski definition) is 17. The minimum atomic E-state index is -3.75. The van der Waals surface area contributed by atoms with Gasteiger partial charge in [0.2, 0.25) is 6.29 Å². The van der Waals surface area contributed by atoms with Crippen LogP contribution < -0.4 is 4.74 Å². The van der Waals surface area contributed by atoms with Crippen LogP contribution in [0.4, 0.5) is 0 Å². The van der Waals surface area contributed by atoms with Crippen molar-refractivity contribution in [1.29, 1.82) is 0 Å². The zero-order valence-corrected chi connectivity index (χ0v) is 90.3. The number of hydrogen-bond donors (Lipinski definition) is 1. The zero-order chi connectivity index (χ0) is 101. The normalized spacial score (nSPS) is 19.5. The molecule has 0 saturated heterocycles. The van der Waals surface area contributed by atoms with Crippen molar-refractivity contribution in [3.63, 3.8) is 0 Å². The maximum absolute atomic E-state index is 12.8. The number of Topliss-reactive ketones (excluding diaryl/α,β-unsaturated/α-hetero) is 1. The molecule has 0 spiro atoms. The SMILES string of the molecule is CCC(C)(C)C(=O)OC(C)(C)CC(C)=O.CCC(C)(C)C(=O)OC(C)(C)c1ccc2ccccc2c1.CCC(C)(C)C(=O)OC1(c2ccccc2)CCCCC1.CCC(C)(C)C(=O)OC1C=C(C)CC1.CCC(C)(C)c1ccc(OC(OC)C(C)(C)C)cc1.CCC(C)(C)c1ccc(S(=O)(=O)OC2CC(C)(C)CCC2(C)C)cc1.CCC1(OC(=O)C(C)(C)CC)CCC(C)(O)CC1. The summed E-state index contributed by atoms with van der Waals surface area (Å²) in [4.78, 5) is 71.7. The first kappa shape index (κ1) is 119. The third kappa shape index (κ3) is 37.0. The fraction of sp³-hybridized carbons (Fsp3) is 0.684. The van der Waals surface area contributed by atoms with Gasteiger partial charge in [0.1, 0.15) is 40.0 Å². The van der Waals surface area contributed by atoms with Crippen molar-refractivity contribution in [2.24, 2.45) is 43.3 Å². The van der Waals surface area contributed by atoms with Gasteiger partial charge in [0.05, 0.1) is 43.7 Å². The Morgan fingerprint density at radius 1 is 0.477 bits per heavy atom. The largest absolute Gasteiger partial charge is 0.464 e. The highest BCUT2D eigenvalue weighted by molar-refractivity contribution is 7.86. The van der Waals surface area contributed by atoms with Crippen LogP contribution in [0.2, 0.25) is 0 Å². The van der Waals surface area contributed by atoms with E-state index in [9.17, 15) is 42.3 Å². The molecule has 746 valence electrons. The zero-order valence-electron chi connectivity index (χ0n) is 89.5. The minimum Gasteiger partial charge on any atom is -0.464 e. The molecule has 5 aromatic rings. The number of allylic oxidation sites excluding steroid dienone is 1. The summed E-state index contributed by atoms with van der Waals surface area (Å²) < 4.78 is 71.1. The first-order valence-corrected chi connectivity index (χ1v) is 50.8. The summed E-state index contributed by atoms with van der Waals surface area (Å²) in [6, 6.07) is 40.2. The molecule has 3 atom stereocenters. The molecule has 5 aromatic carbocycles. The van der Waals surface area contributed by atoms with Gasteiger partial charge in [-0.2, -0.15) is 8.42 Å². The van der Waals surface area contributed by atoms with Gasteiger partial charge in [-0.25, -0.2) is 0 Å². The van der Waals surface area contributed by atoms with Crippen LogP contribution in [0.3, 0.4) is 0 Å². The van der Waals surface area contributed by atoms with Gasteiger partial charge in [0.25, 0.3) is 10.1 Å². The summed E-state index contributed by atoms with van der Waals surface area (Å²) in [6.45, 7) is 72.2. The van der Waals surface area contributed by atoms with E-state index in [1.807, 2.05) is 185 Å². The smallest absolute Gasteiger partial charge is 0.312 e. The van der Waals surface area contributed by atoms with E-state index in [1.165, 1.54) is 29.9 Å². The van der Waals surface area contributed by atoms with Gasteiger partial charge in [-0.1, -0.05) is 235 Å². The van der Waals surface area contributed by atoms with Crippen LogP contribution in [0.5, 0.6) is 5.75 Å². The highest BCUT2D eigenvalue weighted by atomic mass is 32.2. The minimum absolute atomic E-state index is 0.0216. The average molecular weight is 1860 g/mol. The van der Waals surface area contributed by atoms with Crippen LogP contribution in [0.15, 0.2) is 138 Å². The summed E-state index contributed by atoms with van der Waals surface area (Å²) in [5.74, 6) is 0.258. The van der Waals surface area contributed by atoms with Crippen molar-refractivity contribution in [3.8, 4) is 5.75 Å². The van der Waals surface area contributed by atoms with Gasteiger partial charge in [0, 0.05) is 18.9 Å². The van der Waals surface area contributed by atoms with E-state index in [2.05, 4.69) is 158 Å². The van der Waals surface area contributed by atoms with Crippen LogP contribution in [0, 0.1) is 43.3 Å². The number of carbonyl (C=O) groups excluding carboxylic acids is 6. The standard InChI is InChI=1S/C21H34O3S.C19H24O2.C18H26O2.C17H28O2.C15H28O3.C12H22O3.C12H20O2/c1-8-20(4,5)16-9-11-17(12-10-16)25(22,23)24-18-15-19(2,3)13-14-21(18,6)7;1-6-18(2,3)17(20)21-19(4,5)16-12-11-14-9-7-8-10-15(14)13-16;1-4-17(2,3)16(19)20-18(13-9-6-10-14-18)15-11-7-5-8-12-15;1-8-17(5,6)13-9-11-14(12-10-13)19-15(18-7)16(2,3)4;1-6-13(3,4)12(16)18-15(7-2)10-8-14(5,17)9-11-15;1-7-11(3,4)10(14)15-12(5,6)8-9(2)13;1-5-12(3,4)11(13)14-10-7-6-9(2)8-10/h9-12,18H,8,13-15H2,1-7H3;7-13H,6H2,1-5H3;5,7-8,11-12H,4,6,9-10,13-14H2,1-3H3;9-12,15H,8H2,1-7H3;17H,6-11H2,1-5H3;7-8H2,1-6H3;8,10H,5-7H2,1-4H3. The summed E-state index contributed by atoms with van der Waals surface area (Å²) in [5.41, 5.74) is 1.41. The molecule has 1 N–H and O–H groups in total. The Labute approximate surface area is 801 Å². The second kappa shape index (κ2) is 49.2. The summed E-state index contributed by atoms with van der Waals surface area (Å²) in [5, 5.41) is 12.4. The van der Waals surface area contributed by atoms with Crippen molar-refractivity contribution in [3.05, 3.63) is 155 Å². The maximum atomic E-state index is 12.8. The van der Waals surface area contributed by atoms with Crippen LogP contribution in [-0.2, 0) is 93.5 Å². The van der Waals surface area contributed by atoms with E-state index < -0.39 is 54.2 Å². The van der Waals surface area contributed by atoms with Gasteiger partial charge in [0.15, 0.2) is 0 Å². The molecule has 0 radical (unpaired) electrons. The Kier molecular flexibility index (Phi) is 44.3. The molecule has 3 saturated carbocycles. The number of aliphatic hydroxyl groups is 1. The lowest BCUT2D eigenvalue weighted by Crippen LogP contribution is -2.45. The second-order valence-electron chi connectivity index (χ2n) is 46.4. The van der Waals surface area contributed by atoms with Crippen molar-refractivity contribution < 1.29 is 79.6 Å². The number of benzene rings is 5. The molecule has 0 aromatic heterocycles. The summed E-state index contributed by atoms with van der Waals surface area (Å²) in [7, 11) is -2.07. The molecule has 18 heteroatoms. The molecular weight excluding hydrogens is 1670 g/mol. The number of ether oxygens (including phenoxy) is 7. The van der Waals surface area contributed by atoms with Gasteiger partial charge < -0.3 is 38.3 Å². The maximum Gasteiger partial charge on any atom is 0.312 e. The number of methoxy groups -OCH3 is 1. The quantitative estimate of drug-likeness (QED) is 0.0148. The molecule has 4 aliphatic rings. The number of ketones is 1. The molecule has 132 heavy (non-hydrogen) atoms. The molecule has 17 nitrogen and oxygen atoms in total. The number of esters is 5. The van der Waals surface area contributed by atoms with Crippen LogP contribution in [0.25, 0.3) is 10.8 Å². The van der Waals surface area contributed by atoms with Crippen molar-refractivity contribution in [2.45, 2.75) is 459 Å². The summed E-state index contributed by atoms with van der Waals surface area (Å²) >= 11 is 0. The Morgan fingerprint density at radius 3 is 1.36 bits per heavy atom. The molecule has 0 amide bonds. The van der Waals surface area contributed by atoms with Gasteiger partial charge in [-0.3, -0.25) is 33.0 Å². The van der Waals surface area contributed by atoms with Gasteiger partial charge in [-0.05, 0) is 344 Å². The fourth-order valence-corrected chi connectivity index (χ4v) is 16.2. The Hall–Kier alpha value is -7.25. The molecule has 9 rings (SSSR count). The predicted molar refractivity (Wildman–Crippen MR) is 541 cm³/mol. The van der Waals surface area contributed by atoms with E-state index in [0.29, 0.717) is 12.8 Å². The van der Waals surface area contributed by atoms with E-state index in [-0.39, 0.29) is 104 Å². The van der Waals surface area contributed by atoms with E-state index in [4.69, 9.17) is 37.3 Å². The van der Waals surface area contributed by atoms with Crippen molar-refractivity contribution >= 4 is 56.5 Å². The first-order chi connectivity index (χ1) is 60.5. The van der Waals surface area contributed by atoms with Crippen LogP contribution in [-0.4, -0.2) is 91.6 Å². The lowest BCUT2D eigenvalue weighted by molar-refractivity contribution is -0.180. The molecule has 4 aliphatic carbocycles. The average Bonchev–Trinajstić information content (AvgIpc) is 0.784. The number of carbonyl (C=O) groups is 6. The topological polar surface area (TPSA) is 231 Å². The fourth-order valence-electron chi connectivity index (χ4n) is 15.0. The van der Waals surface area contributed by atoms with E-state index in [1.54, 1.807) is 33.1 Å². The predicted octanol–water partition coefficient (Wildman–Crippen LogP) is 29.6. The van der Waals surface area contributed by atoms with E-state index >= 15 is 0 Å². The number of rotatable bonds is 30. The number of fused-ring (bicyclic) bond motifs is 1. The lowest BCUT2D eigenvalue weighted by Gasteiger charge is -2.45. The molecule has 3 fully saturated rings. The molecule has 0 bridgehead atoms. The second-order valence-corrected chi connectivity index (χ2v) is 47.9.